The molecule has 28 heavy (non-hydrogen) atoms. The summed E-state index contributed by atoms with van der Waals surface area (Å²) in [6.07, 6.45) is 3.23. The molecule has 0 saturated carbocycles. The van der Waals surface area contributed by atoms with E-state index in [-0.39, 0.29) is 0 Å². The van der Waals surface area contributed by atoms with Crippen molar-refractivity contribution in [3.05, 3.63) is 42.2 Å². The van der Waals surface area contributed by atoms with Crippen molar-refractivity contribution in [2.75, 3.05) is 42.3 Å². The third-order valence-electron chi connectivity index (χ3n) is 4.59. The van der Waals surface area contributed by atoms with E-state index in [0.29, 0.717) is 16.6 Å². The van der Waals surface area contributed by atoms with Crippen LogP contribution in [0.15, 0.2) is 42.2 Å². The molecule has 1 aromatic carbocycles. The fourth-order valence-electron chi connectivity index (χ4n) is 3.20. The molecule has 0 spiro atoms. The minimum Gasteiger partial charge on any atom is -0.378 e. The summed E-state index contributed by atoms with van der Waals surface area (Å²) < 4.78 is 7.13. The zero-order valence-electron chi connectivity index (χ0n) is 14.9. The van der Waals surface area contributed by atoms with Gasteiger partial charge in [-0.15, -0.1) is 11.3 Å². The maximum absolute atomic E-state index is 5.75. The van der Waals surface area contributed by atoms with Crippen LogP contribution in [0.3, 0.4) is 0 Å². The molecule has 0 unspecified atom stereocenters. The number of nitrogen functional groups attached to an aromatic ring is 1. The van der Waals surface area contributed by atoms with Crippen LogP contribution in [-0.4, -0.2) is 50.9 Å². The monoisotopic (exact) mass is 394 g/mol. The number of hydrogen-bond acceptors (Lipinski definition) is 9. The highest BCUT2D eigenvalue weighted by Crippen LogP contribution is 2.27. The SMILES string of the molecule is Nc1nc(-c2cnc(Nc3ccc(N4CCOCC4)cc3)c3ncnn23)cs1. The first-order valence-corrected chi connectivity index (χ1v) is 9.76. The normalized spacial score (nSPS) is 14.5. The Bertz CT molecular complexity index is 1100. The first-order valence-electron chi connectivity index (χ1n) is 8.88. The van der Waals surface area contributed by atoms with Crippen LogP contribution in [0.2, 0.25) is 0 Å². The van der Waals surface area contributed by atoms with Gasteiger partial charge in [0.2, 0.25) is 0 Å². The summed E-state index contributed by atoms with van der Waals surface area (Å²) in [5.74, 6) is 0.628. The number of thiazole rings is 1. The van der Waals surface area contributed by atoms with E-state index in [1.807, 2.05) is 17.5 Å². The lowest BCUT2D eigenvalue weighted by molar-refractivity contribution is 0.122. The maximum atomic E-state index is 5.75. The molecule has 3 aromatic heterocycles. The number of nitrogens with one attached hydrogen (secondary N) is 1. The molecule has 0 bridgehead atoms. The second-order valence-corrected chi connectivity index (χ2v) is 7.22. The molecule has 5 rings (SSSR count). The molecule has 4 aromatic rings. The van der Waals surface area contributed by atoms with Gasteiger partial charge in [0.25, 0.3) is 0 Å². The highest BCUT2D eigenvalue weighted by atomic mass is 32.1. The molecule has 3 N–H and O–H groups in total. The van der Waals surface area contributed by atoms with Crippen molar-refractivity contribution in [1.29, 1.82) is 0 Å². The van der Waals surface area contributed by atoms with Crippen molar-refractivity contribution >= 4 is 39.3 Å². The Morgan fingerprint density at radius 1 is 1.11 bits per heavy atom. The molecule has 10 heteroatoms. The van der Waals surface area contributed by atoms with E-state index in [4.69, 9.17) is 10.5 Å². The molecule has 9 nitrogen and oxygen atoms in total. The van der Waals surface area contributed by atoms with Crippen molar-refractivity contribution < 1.29 is 4.74 Å². The van der Waals surface area contributed by atoms with E-state index in [0.717, 1.165) is 43.4 Å². The second kappa shape index (κ2) is 7.06. The number of hydrogen-bond donors (Lipinski definition) is 2. The van der Waals surface area contributed by atoms with Gasteiger partial charge < -0.3 is 20.7 Å². The molecule has 142 valence electrons. The van der Waals surface area contributed by atoms with E-state index < -0.39 is 0 Å². The molecule has 0 aliphatic carbocycles. The number of morpholine rings is 1. The lowest BCUT2D eigenvalue weighted by atomic mass is 10.2. The van der Waals surface area contributed by atoms with Gasteiger partial charge in [-0.2, -0.15) is 5.10 Å². The number of nitrogens with two attached hydrogens (primary N) is 1. The summed E-state index contributed by atoms with van der Waals surface area (Å²) in [5, 5.41) is 10.0. The molecule has 1 fully saturated rings. The highest BCUT2D eigenvalue weighted by Gasteiger charge is 2.14. The Balaban J connectivity index is 1.42. The largest absolute Gasteiger partial charge is 0.378 e. The summed E-state index contributed by atoms with van der Waals surface area (Å²) in [7, 11) is 0. The number of ether oxygens (including phenoxy) is 1. The second-order valence-electron chi connectivity index (χ2n) is 6.33. The van der Waals surface area contributed by atoms with Crippen molar-refractivity contribution in [1.82, 2.24) is 24.6 Å². The van der Waals surface area contributed by atoms with Crippen molar-refractivity contribution in [2.45, 2.75) is 0 Å². The first kappa shape index (κ1) is 16.9. The number of rotatable bonds is 4. The molecule has 1 aliphatic heterocycles. The van der Waals surface area contributed by atoms with Gasteiger partial charge in [0.1, 0.15) is 17.7 Å². The number of fused-ring (bicyclic) bond motifs is 1. The van der Waals surface area contributed by atoms with Gasteiger partial charge in [-0.25, -0.2) is 19.5 Å². The van der Waals surface area contributed by atoms with Gasteiger partial charge in [-0.1, -0.05) is 0 Å². The summed E-state index contributed by atoms with van der Waals surface area (Å²) in [6.45, 7) is 3.37. The van der Waals surface area contributed by atoms with Crippen molar-refractivity contribution in [3.8, 4) is 11.4 Å². The zero-order valence-corrected chi connectivity index (χ0v) is 15.8. The average molecular weight is 394 g/mol. The number of aromatic nitrogens is 5. The first-order chi connectivity index (χ1) is 13.8. The highest BCUT2D eigenvalue weighted by molar-refractivity contribution is 7.13. The van der Waals surface area contributed by atoms with Crippen LogP contribution in [0.5, 0.6) is 0 Å². The van der Waals surface area contributed by atoms with Gasteiger partial charge in [0.05, 0.1) is 19.4 Å². The van der Waals surface area contributed by atoms with Gasteiger partial charge in [0.15, 0.2) is 16.6 Å². The van der Waals surface area contributed by atoms with Gasteiger partial charge >= 0.3 is 0 Å². The van der Waals surface area contributed by atoms with Crippen LogP contribution in [0.4, 0.5) is 22.3 Å². The minimum atomic E-state index is 0.505. The average Bonchev–Trinajstić information content (AvgIpc) is 3.39. The predicted molar refractivity (Wildman–Crippen MR) is 109 cm³/mol. The Morgan fingerprint density at radius 2 is 1.93 bits per heavy atom. The summed E-state index contributed by atoms with van der Waals surface area (Å²) in [4.78, 5) is 15.5. The van der Waals surface area contributed by atoms with Crippen LogP contribution < -0.4 is 16.0 Å². The maximum Gasteiger partial charge on any atom is 0.199 e. The molecule has 4 heterocycles. The van der Waals surface area contributed by atoms with Gasteiger partial charge in [0, 0.05) is 29.8 Å². The topological polar surface area (TPSA) is 106 Å². The van der Waals surface area contributed by atoms with E-state index in [2.05, 4.69) is 42.4 Å². The fourth-order valence-corrected chi connectivity index (χ4v) is 3.76. The van der Waals surface area contributed by atoms with E-state index in [1.54, 1.807) is 10.7 Å². The van der Waals surface area contributed by atoms with Crippen molar-refractivity contribution in [3.63, 3.8) is 0 Å². The standard InChI is InChI=1S/C18H18N8OS/c19-18-24-14(10-28-18)15-9-20-16(17-21-11-22-26(15)17)23-12-1-3-13(4-2-12)25-5-7-27-8-6-25/h1-4,9-11H,5-8H2,(H2,19,24)(H,20,23). The van der Waals surface area contributed by atoms with Crippen LogP contribution in [0.25, 0.3) is 17.0 Å². The summed E-state index contributed by atoms with van der Waals surface area (Å²) in [6, 6.07) is 8.27. The lowest BCUT2D eigenvalue weighted by Crippen LogP contribution is -2.36. The number of nitrogens with zero attached hydrogens (tertiary/aromatic N) is 6. The molecular weight excluding hydrogens is 376 g/mol. The van der Waals surface area contributed by atoms with Crippen molar-refractivity contribution in [2.24, 2.45) is 0 Å². The van der Waals surface area contributed by atoms with Gasteiger partial charge in [-0.05, 0) is 24.3 Å². The molecule has 0 atom stereocenters. The number of anilines is 4. The minimum absolute atomic E-state index is 0.505. The summed E-state index contributed by atoms with van der Waals surface area (Å²) >= 11 is 1.38. The molecule has 1 saturated heterocycles. The third-order valence-corrected chi connectivity index (χ3v) is 5.27. The van der Waals surface area contributed by atoms with Crippen LogP contribution in [0.1, 0.15) is 0 Å². The van der Waals surface area contributed by atoms with E-state index >= 15 is 0 Å². The smallest absolute Gasteiger partial charge is 0.199 e. The Kier molecular flexibility index (Phi) is 4.26. The predicted octanol–water partition coefficient (Wildman–Crippen LogP) is 2.41. The molecule has 0 amide bonds. The van der Waals surface area contributed by atoms with E-state index in [9.17, 15) is 0 Å². The Morgan fingerprint density at radius 3 is 2.68 bits per heavy atom. The third kappa shape index (κ3) is 3.12. The molecule has 0 radical (unpaired) electrons. The van der Waals surface area contributed by atoms with E-state index in [1.165, 1.54) is 23.4 Å². The molecule has 1 aliphatic rings. The summed E-state index contributed by atoms with van der Waals surface area (Å²) in [5.41, 5.74) is 9.97. The Labute approximate surface area is 164 Å². The zero-order chi connectivity index (χ0) is 18.9. The quantitative estimate of drug-likeness (QED) is 0.543. The Hall–Kier alpha value is -3.24. The van der Waals surface area contributed by atoms with Crippen LogP contribution in [-0.2, 0) is 4.74 Å². The van der Waals surface area contributed by atoms with Crippen LogP contribution in [0, 0.1) is 0 Å². The van der Waals surface area contributed by atoms with Crippen LogP contribution >= 0.6 is 11.3 Å². The fraction of sp³-hybridized carbons (Fsp3) is 0.222. The molecular formula is C18H18N8OS. The lowest BCUT2D eigenvalue weighted by Gasteiger charge is -2.28. The number of benzene rings is 1. The van der Waals surface area contributed by atoms with Gasteiger partial charge in [-0.3, -0.25) is 0 Å².